The molecule has 1 saturated heterocycles. The van der Waals surface area contributed by atoms with E-state index in [0.717, 1.165) is 22.3 Å². The lowest BCUT2D eigenvalue weighted by atomic mass is 9.59. The van der Waals surface area contributed by atoms with E-state index in [1.165, 1.54) is 10.9 Å². The number of para-hydroxylation sites is 1. The first-order valence-corrected chi connectivity index (χ1v) is 9.80. The van der Waals surface area contributed by atoms with E-state index in [4.69, 9.17) is 4.74 Å². The van der Waals surface area contributed by atoms with Crippen LogP contribution in [0.5, 0.6) is 11.5 Å². The Hall–Kier alpha value is -2.50. The van der Waals surface area contributed by atoms with E-state index >= 15 is 0 Å². The Bertz CT molecular complexity index is 1080. The van der Waals surface area contributed by atoms with Gasteiger partial charge in [0.2, 0.25) is 0 Å². The molecule has 2 heterocycles. The maximum atomic E-state index is 11.7. The largest absolute Gasteiger partial charge is 0.504 e. The molecular weight excluding hydrogens is 352 g/mol. The van der Waals surface area contributed by atoms with Crippen molar-refractivity contribution in [2.45, 2.75) is 43.7 Å². The standard InChI is InChI=1S/C23H26N2O3/c1-13-15-6-4-5-7-16(15)25-17(13)11-23-12-24-19(22(23,2)27)10-14-8-9-18(26)21(28-3)20(14)23/h4-9,19,24-27H,10-12H2,1-3H3. The lowest BCUT2D eigenvalue weighted by Gasteiger charge is -2.47. The van der Waals surface area contributed by atoms with Crippen molar-refractivity contribution in [2.75, 3.05) is 13.7 Å². The Morgan fingerprint density at radius 1 is 1.21 bits per heavy atom. The van der Waals surface area contributed by atoms with Gasteiger partial charge in [0.25, 0.3) is 0 Å². The maximum Gasteiger partial charge on any atom is 0.164 e. The van der Waals surface area contributed by atoms with Crippen LogP contribution in [0.15, 0.2) is 36.4 Å². The van der Waals surface area contributed by atoms with Crippen LogP contribution >= 0.6 is 0 Å². The first-order valence-electron chi connectivity index (χ1n) is 9.80. The quantitative estimate of drug-likeness (QED) is 0.565. The zero-order chi connectivity index (χ0) is 19.7. The molecule has 4 N–H and O–H groups in total. The predicted octanol–water partition coefficient (Wildman–Crippen LogP) is 2.95. The van der Waals surface area contributed by atoms with Crippen LogP contribution in [0.2, 0.25) is 0 Å². The number of rotatable bonds is 3. The van der Waals surface area contributed by atoms with Gasteiger partial charge in [-0.3, -0.25) is 0 Å². The number of benzene rings is 2. The lowest BCUT2D eigenvalue weighted by Crippen LogP contribution is -2.57. The van der Waals surface area contributed by atoms with Crippen molar-refractivity contribution in [1.82, 2.24) is 10.3 Å². The van der Waals surface area contributed by atoms with Crippen molar-refractivity contribution < 1.29 is 14.9 Å². The molecule has 0 radical (unpaired) electrons. The highest BCUT2D eigenvalue weighted by molar-refractivity contribution is 5.84. The molecule has 3 unspecified atom stereocenters. The topological polar surface area (TPSA) is 77.5 Å². The molecule has 5 heteroatoms. The molecule has 5 nitrogen and oxygen atoms in total. The van der Waals surface area contributed by atoms with Crippen molar-refractivity contribution in [1.29, 1.82) is 0 Å². The summed E-state index contributed by atoms with van der Waals surface area (Å²) in [6.07, 6.45) is 1.35. The number of phenols is 1. The van der Waals surface area contributed by atoms with Crippen molar-refractivity contribution >= 4 is 10.9 Å². The number of fused-ring (bicyclic) bond motifs is 5. The number of hydrogen-bond donors (Lipinski definition) is 4. The molecule has 28 heavy (non-hydrogen) atoms. The number of methoxy groups -OCH3 is 1. The summed E-state index contributed by atoms with van der Waals surface area (Å²) in [7, 11) is 1.58. The number of aliphatic hydroxyl groups is 1. The maximum absolute atomic E-state index is 11.7. The molecule has 5 rings (SSSR count). The summed E-state index contributed by atoms with van der Waals surface area (Å²) in [6, 6.07) is 11.9. The van der Waals surface area contributed by atoms with Gasteiger partial charge in [0.05, 0.1) is 12.7 Å². The Balaban J connectivity index is 1.75. The smallest absolute Gasteiger partial charge is 0.164 e. The van der Waals surface area contributed by atoms with Gasteiger partial charge in [-0.15, -0.1) is 0 Å². The van der Waals surface area contributed by atoms with Crippen LogP contribution in [0.1, 0.15) is 29.3 Å². The number of aromatic amines is 1. The Labute approximate surface area is 164 Å². The van der Waals surface area contributed by atoms with Crippen molar-refractivity contribution in [3.8, 4) is 11.5 Å². The number of H-pyrrole nitrogens is 1. The average molecular weight is 378 g/mol. The van der Waals surface area contributed by atoms with Crippen LogP contribution in [0.3, 0.4) is 0 Å². The van der Waals surface area contributed by atoms with E-state index in [-0.39, 0.29) is 11.8 Å². The Kier molecular flexibility index (Phi) is 3.61. The Morgan fingerprint density at radius 2 is 2.00 bits per heavy atom. The Morgan fingerprint density at radius 3 is 2.75 bits per heavy atom. The van der Waals surface area contributed by atoms with Gasteiger partial charge in [0.15, 0.2) is 11.5 Å². The molecular formula is C23H26N2O3. The minimum atomic E-state index is -0.967. The van der Waals surface area contributed by atoms with Crippen molar-refractivity contribution in [2.24, 2.45) is 0 Å². The highest BCUT2D eigenvalue weighted by Crippen LogP contribution is 2.55. The average Bonchev–Trinajstić information content (AvgIpc) is 3.03. The van der Waals surface area contributed by atoms with E-state index in [0.29, 0.717) is 25.1 Å². The molecule has 3 atom stereocenters. The highest BCUT2D eigenvalue weighted by Gasteiger charge is 2.62. The SMILES string of the molecule is COc1c(O)ccc2c1C1(Cc3[nH]c4ccccc4c3C)CNC(C2)C1(C)O. The van der Waals surface area contributed by atoms with Crippen molar-refractivity contribution in [3.63, 3.8) is 0 Å². The zero-order valence-corrected chi connectivity index (χ0v) is 16.5. The van der Waals surface area contributed by atoms with Crippen LogP contribution in [0.25, 0.3) is 10.9 Å². The van der Waals surface area contributed by atoms with Gasteiger partial charge in [-0.05, 0) is 43.5 Å². The van der Waals surface area contributed by atoms with Gasteiger partial charge in [0.1, 0.15) is 0 Å². The van der Waals surface area contributed by atoms with Gasteiger partial charge in [0, 0.05) is 46.6 Å². The molecule has 146 valence electrons. The van der Waals surface area contributed by atoms with Gasteiger partial charge in [-0.25, -0.2) is 0 Å². The van der Waals surface area contributed by atoms with E-state index in [1.54, 1.807) is 13.2 Å². The number of hydrogen-bond acceptors (Lipinski definition) is 4. The molecule has 3 aromatic rings. The molecule has 1 aliphatic carbocycles. The van der Waals surface area contributed by atoms with E-state index in [9.17, 15) is 10.2 Å². The van der Waals surface area contributed by atoms with Gasteiger partial charge in [-0.1, -0.05) is 24.3 Å². The number of aromatic hydroxyl groups is 1. The van der Waals surface area contributed by atoms with Crippen LogP contribution in [-0.4, -0.2) is 40.5 Å². The van der Waals surface area contributed by atoms with Crippen LogP contribution in [-0.2, 0) is 18.3 Å². The second-order valence-electron chi connectivity index (χ2n) is 8.47. The first-order chi connectivity index (χ1) is 13.4. The molecule has 1 fully saturated rings. The number of phenolic OH excluding ortho intramolecular Hbond substituents is 1. The van der Waals surface area contributed by atoms with Gasteiger partial charge < -0.3 is 25.3 Å². The lowest BCUT2D eigenvalue weighted by molar-refractivity contribution is -0.0217. The molecule has 0 amide bonds. The molecule has 2 aromatic carbocycles. The van der Waals surface area contributed by atoms with E-state index in [1.807, 2.05) is 25.1 Å². The fourth-order valence-corrected chi connectivity index (χ4v) is 5.50. The molecule has 0 saturated carbocycles. The van der Waals surface area contributed by atoms with Crippen LogP contribution < -0.4 is 10.1 Å². The number of nitrogens with one attached hydrogen (secondary N) is 2. The minimum Gasteiger partial charge on any atom is -0.504 e. The fourth-order valence-electron chi connectivity index (χ4n) is 5.50. The molecule has 2 bridgehead atoms. The molecule has 1 aromatic heterocycles. The van der Waals surface area contributed by atoms with Gasteiger partial charge in [-0.2, -0.15) is 0 Å². The third kappa shape index (κ3) is 2.09. The van der Waals surface area contributed by atoms with Gasteiger partial charge >= 0.3 is 0 Å². The fraction of sp³-hybridized carbons (Fsp3) is 0.391. The second kappa shape index (κ2) is 5.75. The summed E-state index contributed by atoms with van der Waals surface area (Å²) in [6.45, 7) is 4.68. The third-order valence-corrected chi connectivity index (χ3v) is 7.18. The molecule has 2 aliphatic rings. The summed E-state index contributed by atoms with van der Waals surface area (Å²) in [5.41, 5.74) is 3.92. The van der Waals surface area contributed by atoms with Crippen LogP contribution in [0.4, 0.5) is 0 Å². The van der Waals surface area contributed by atoms with Crippen LogP contribution in [0, 0.1) is 6.92 Å². The first kappa shape index (κ1) is 17.6. The zero-order valence-electron chi connectivity index (χ0n) is 16.5. The highest BCUT2D eigenvalue weighted by atomic mass is 16.5. The number of aryl methyl sites for hydroxylation is 1. The minimum absolute atomic E-state index is 0.0288. The number of aromatic nitrogens is 1. The van der Waals surface area contributed by atoms with E-state index < -0.39 is 11.0 Å². The molecule has 1 aliphatic heterocycles. The molecule has 0 spiro atoms. The summed E-state index contributed by atoms with van der Waals surface area (Å²) in [4.78, 5) is 3.57. The number of ether oxygens (including phenoxy) is 1. The summed E-state index contributed by atoms with van der Waals surface area (Å²) >= 11 is 0. The third-order valence-electron chi connectivity index (χ3n) is 7.18. The monoisotopic (exact) mass is 378 g/mol. The second-order valence-corrected chi connectivity index (χ2v) is 8.47. The van der Waals surface area contributed by atoms with Crippen molar-refractivity contribution in [3.05, 3.63) is 58.8 Å². The summed E-state index contributed by atoms with van der Waals surface area (Å²) in [5.74, 6) is 0.601. The summed E-state index contributed by atoms with van der Waals surface area (Å²) < 4.78 is 5.64. The summed E-state index contributed by atoms with van der Waals surface area (Å²) in [5, 5.41) is 26.9. The normalized spacial score (nSPS) is 28.5. The predicted molar refractivity (Wildman–Crippen MR) is 109 cm³/mol. The van der Waals surface area contributed by atoms with E-state index in [2.05, 4.69) is 29.4 Å².